The third-order valence-electron chi connectivity index (χ3n) is 6.81. The number of carbonyl (C=O) groups is 2. The fraction of sp³-hybridized carbons (Fsp3) is 0.394. The van der Waals surface area contributed by atoms with Crippen LogP contribution in [0.4, 0.5) is 0 Å². The van der Waals surface area contributed by atoms with Crippen LogP contribution >= 0.6 is 19.4 Å². The van der Waals surface area contributed by atoms with Crippen LogP contribution in [0.1, 0.15) is 105 Å². The molecule has 3 aromatic carbocycles. The van der Waals surface area contributed by atoms with Gasteiger partial charge in [0.25, 0.3) is 0 Å². The van der Waals surface area contributed by atoms with Crippen molar-refractivity contribution in [1.82, 2.24) is 0 Å². The number of benzene rings is 3. The third kappa shape index (κ3) is 6.23. The van der Waals surface area contributed by atoms with Crippen molar-refractivity contribution in [2.75, 3.05) is 7.11 Å². The van der Waals surface area contributed by atoms with Gasteiger partial charge in [0.15, 0.2) is 13.6 Å². The molecule has 0 aliphatic heterocycles. The fourth-order valence-corrected chi connectivity index (χ4v) is 7.41. The van der Waals surface area contributed by atoms with Crippen molar-refractivity contribution in [2.45, 2.75) is 78.6 Å². The van der Waals surface area contributed by atoms with E-state index in [0.717, 1.165) is 11.1 Å². The molecule has 0 heterocycles. The first-order valence-electron chi connectivity index (χ1n) is 13.1. The topological polar surface area (TPSA) is 60.4 Å². The molecular formula is C33H40ClO4P. The molecule has 0 saturated heterocycles. The average Bonchev–Trinajstić information content (AvgIpc) is 2.84. The summed E-state index contributed by atoms with van der Waals surface area (Å²) >= 11 is 6.46. The number of ether oxygens (including phenoxy) is 1. The van der Waals surface area contributed by atoms with Gasteiger partial charge in [-0.3, -0.25) is 9.59 Å². The normalized spacial score (nSPS) is 13.2. The quantitative estimate of drug-likeness (QED) is 0.222. The zero-order valence-electron chi connectivity index (χ0n) is 24.7. The van der Waals surface area contributed by atoms with Crippen molar-refractivity contribution < 1.29 is 18.9 Å². The molecule has 1 atom stereocenters. The van der Waals surface area contributed by atoms with Crippen LogP contribution in [0.25, 0.3) is 0 Å². The summed E-state index contributed by atoms with van der Waals surface area (Å²) in [5.74, 6) is 0.122. The van der Waals surface area contributed by atoms with Crippen LogP contribution in [0.3, 0.4) is 0 Å². The second kappa shape index (κ2) is 11.1. The molecular weight excluding hydrogens is 527 g/mol. The first kappa shape index (κ1) is 30.9. The van der Waals surface area contributed by atoms with Gasteiger partial charge in [-0.25, -0.2) is 0 Å². The Morgan fingerprint density at radius 2 is 1.31 bits per heavy atom. The van der Waals surface area contributed by atoms with Crippen molar-refractivity contribution in [3.8, 4) is 5.75 Å². The van der Waals surface area contributed by atoms with E-state index in [1.807, 2.05) is 65.8 Å². The minimum atomic E-state index is -3.18. The molecule has 1 unspecified atom stereocenters. The first-order chi connectivity index (χ1) is 17.9. The summed E-state index contributed by atoms with van der Waals surface area (Å²) in [6.45, 7) is 18.4. The number of carbonyl (C=O) groups excluding carboxylic acids is 2. The van der Waals surface area contributed by atoms with Gasteiger partial charge in [-0.15, -0.1) is 0 Å². The van der Waals surface area contributed by atoms with Crippen LogP contribution in [0, 0.1) is 0 Å². The van der Waals surface area contributed by atoms with Gasteiger partial charge in [-0.1, -0.05) is 116 Å². The summed E-state index contributed by atoms with van der Waals surface area (Å²) in [4.78, 5) is 28.3. The van der Waals surface area contributed by atoms with E-state index in [0.29, 0.717) is 22.0 Å². The maximum Gasteiger partial charge on any atom is 0.228 e. The highest BCUT2D eigenvalue weighted by molar-refractivity contribution is 7.71. The minimum absolute atomic E-state index is 0.0982. The Morgan fingerprint density at radius 3 is 1.79 bits per heavy atom. The monoisotopic (exact) mass is 566 g/mol. The van der Waals surface area contributed by atoms with Crippen molar-refractivity contribution in [3.05, 3.63) is 93.0 Å². The van der Waals surface area contributed by atoms with E-state index < -0.39 is 29.6 Å². The highest BCUT2D eigenvalue weighted by Gasteiger charge is 2.39. The van der Waals surface area contributed by atoms with E-state index in [4.69, 9.17) is 16.3 Å². The summed E-state index contributed by atoms with van der Waals surface area (Å²) in [5, 5.41) is 0.624. The SMILES string of the molecule is COc1cccc(Cl)c1C(=O)[PH](=O)c1c(C(C)(C)C)cc(C(C)(C)C)c(C(=O)c2ccccc2)c1C(C)(C)C. The lowest BCUT2D eigenvalue weighted by molar-refractivity contribution is 0.103. The first-order valence-corrected chi connectivity index (χ1v) is 14.9. The molecule has 0 aliphatic rings. The van der Waals surface area contributed by atoms with Crippen LogP contribution in [-0.4, -0.2) is 18.4 Å². The van der Waals surface area contributed by atoms with Gasteiger partial charge < -0.3 is 9.30 Å². The minimum Gasteiger partial charge on any atom is -0.496 e. The molecule has 0 saturated carbocycles. The van der Waals surface area contributed by atoms with Gasteiger partial charge in [-0.2, -0.15) is 0 Å². The lowest BCUT2D eigenvalue weighted by Crippen LogP contribution is -2.35. The molecule has 0 fully saturated rings. The molecule has 0 bridgehead atoms. The maximum absolute atomic E-state index is 14.6. The van der Waals surface area contributed by atoms with Crippen LogP contribution < -0.4 is 10.0 Å². The lowest BCUT2D eigenvalue weighted by atomic mass is 9.70. The molecule has 3 rings (SSSR count). The van der Waals surface area contributed by atoms with E-state index in [1.165, 1.54) is 7.11 Å². The van der Waals surface area contributed by atoms with Gasteiger partial charge in [0, 0.05) is 16.4 Å². The molecule has 0 aliphatic carbocycles. The number of hydrogen-bond acceptors (Lipinski definition) is 4. The Morgan fingerprint density at radius 1 is 0.744 bits per heavy atom. The van der Waals surface area contributed by atoms with E-state index in [1.54, 1.807) is 30.3 Å². The second-order valence-corrected chi connectivity index (χ2v) is 15.0. The highest BCUT2D eigenvalue weighted by Crippen LogP contribution is 2.45. The standard InChI is InChI=1S/C33H40ClO4P/c1-31(2,3)21-19-22(32(4,5)6)29(39(37)30(36)26-23(34)17-14-18-24(26)38-10)27(33(7,8)9)25(21)28(35)20-15-12-11-13-16-20/h11-19,39H,1-10H3. The zero-order valence-corrected chi connectivity index (χ0v) is 26.5. The second-order valence-electron chi connectivity index (χ2n) is 13.0. The molecule has 0 N–H and O–H groups in total. The predicted octanol–water partition coefficient (Wildman–Crippen LogP) is 8.50. The largest absolute Gasteiger partial charge is 0.496 e. The van der Waals surface area contributed by atoms with E-state index in [2.05, 4.69) is 20.8 Å². The van der Waals surface area contributed by atoms with Crippen molar-refractivity contribution in [1.29, 1.82) is 0 Å². The lowest BCUT2D eigenvalue weighted by Gasteiger charge is -2.36. The van der Waals surface area contributed by atoms with Crippen LogP contribution in [0.2, 0.25) is 5.02 Å². The van der Waals surface area contributed by atoms with Gasteiger partial charge >= 0.3 is 0 Å². The predicted molar refractivity (Wildman–Crippen MR) is 163 cm³/mol. The molecule has 3 aromatic rings. The average molecular weight is 567 g/mol. The van der Waals surface area contributed by atoms with Gasteiger partial charge in [-0.05, 0) is 45.1 Å². The van der Waals surface area contributed by atoms with Gasteiger partial charge in [0.1, 0.15) is 5.75 Å². The number of hydrogen-bond donors (Lipinski definition) is 0. The van der Waals surface area contributed by atoms with E-state index >= 15 is 0 Å². The summed E-state index contributed by atoms with van der Waals surface area (Å²) < 4.78 is 20.0. The van der Waals surface area contributed by atoms with Crippen LogP contribution in [-0.2, 0) is 20.8 Å². The number of ketones is 1. The molecule has 0 aromatic heterocycles. The maximum atomic E-state index is 14.6. The zero-order chi connectivity index (χ0) is 29.5. The number of methoxy groups -OCH3 is 1. The van der Waals surface area contributed by atoms with Crippen LogP contribution in [0.15, 0.2) is 54.6 Å². The summed E-state index contributed by atoms with van der Waals surface area (Å²) in [6, 6.07) is 16.0. The van der Waals surface area contributed by atoms with Crippen molar-refractivity contribution in [3.63, 3.8) is 0 Å². The Balaban J connectivity index is 2.55. The highest BCUT2D eigenvalue weighted by atomic mass is 35.5. The Bertz CT molecular complexity index is 1440. The molecule has 0 amide bonds. The van der Waals surface area contributed by atoms with Crippen LogP contribution in [0.5, 0.6) is 5.75 Å². The number of rotatable bonds is 6. The Kier molecular flexibility index (Phi) is 8.75. The summed E-state index contributed by atoms with van der Waals surface area (Å²) in [6.07, 6.45) is 0. The molecule has 39 heavy (non-hydrogen) atoms. The molecule has 0 radical (unpaired) electrons. The molecule has 208 valence electrons. The smallest absolute Gasteiger partial charge is 0.228 e. The van der Waals surface area contributed by atoms with E-state index in [-0.39, 0.29) is 22.1 Å². The molecule has 6 heteroatoms. The van der Waals surface area contributed by atoms with Crippen molar-refractivity contribution >= 4 is 36.0 Å². The van der Waals surface area contributed by atoms with Gasteiger partial charge in [0.2, 0.25) is 5.52 Å². The fourth-order valence-electron chi connectivity index (χ4n) is 4.94. The summed E-state index contributed by atoms with van der Waals surface area (Å²) in [5.41, 5.74) is 1.42. The molecule has 4 nitrogen and oxygen atoms in total. The van der Waals surface area contributed by atoms with Crippen molar-refractivity contribution in [2.24, 2.45) is 0 Å². The van der Waals surface area contributed by atoms with Gasteiger partial charge in [0.05, 0.1) is 17.7 Å². The molecule has 0 spiro atoms. The summed E-state index contributed by atoms with van der Waals surface area (Å²) in [7, 11) is -1.73. The van der Waals surface area contributed by atoms with E-state index in [9.17, 15) is 14.2 Å². The third-order valence-corrected chi connectivity index (χ3v) is 8.76. The Hall–Kier alpha value is -2.68. The Labute approximate surface area is 238 Å². The number of halogens is 1.